The summed E-state index contributed by atoms with van der Waals surface area (Å²) in [6.45, 7) is 28.0. The lowest BCUT2D eigenvalue weighted by molar-refractivity contribution is 1.19. The van der Waals surface area contributed by atoms with Gasteiger partial charge in [0.05, 0.1) is 5.69 Å². The Hall–Kier alpha value is -4.30. The highest BCUT2D eigenvalue weighted by Crippen LogP contribution is 2.45. The van der Waals surface area contributed by atoms with Gasteiger partial charge in [-0.05, 0) is 76.9 Å². The first kappa shape index (κ1) is 45.8. The Kier molecular flexibility index (Phi) is 27.6. The molecule has 5 aromatic carbocycles. The maximum Gasteiger partial charge on any atom is 0.0503 e. The smallest absolute Gasteiger partial charge is 0.0503 e. The zero-order chi connectivity index (χ0) is 36.9. The van der Waals surface area contributed by atoms with Crippen LogP contribution in [0.3, 0.4) is 0 Å². The second-order valence-electron chi connectivity index (χ2n) is 8.72. The fourth-order valence-corrected chi connectivity index (χ4v) is 4.98. The second kappa shape index (κ2) is 28.9. The molecule has 2 nitrogen and oxygen atoms in total. The Morgan fingerprint density at radius 2 is 0.729 bits per heavy atom. The maximum absolute atomic E-state index is 2.39. The van der Waals surface area contributed by atoms with E-state index in [0.717, 1.165) is 23.5 Å². The van der Waals surface area contributed by atoms with Crippen molar-refractivity contribution in [2.75, 3.05) is 16.8 Å². The van der Waals surface area contributed by atoms with Gasteiger partial charge < -0.3 is 9.80 Å². The van der Waals surface area contributed by atoms with E-state index < -0.39 is 0 Å². The van der Waals surface area contributed by atoms with Crippen molar-refractivity contribution in [3.05, 3.63) is 139 Å². The molecule has 0 atom stereocenters. The van der Waals surface area contributed by atoms with Crippen molar-refractivity contribution in [3.8, 4) is 11.1 Å². The Morgan fingerprint density at radius 3 is 1.25 bits per heavy atom. The van der Waals surface area contributed by atoms with Crippen molar-refractivity contribution in [2.45, 2.75) is 103 Å². The van der Waals surface area contributed by atoms with Gasteiger partial charge in [0.15, 0.2) is 0 Å². The zero-order valence-corrected chi connectivity index (χ0v) is 33.2. The van der Waals surface area contributed by atoms with E-state index in [4.69, 9.17) is 0 Å². The van der Waals surface area contributed by atoms with Crippen molar-refractivity contribution in [3.63, 3.8) is 0 Å². The zero-order valence-electron chi connectivity index (χ0n) is 33.2. The first-order valence-corrected chi connectivity index (χ1v) is 18.7. The van der Waals surface area contributed by atoms with Crippen LogP contribution in [0.4, 0.5) is 28.4 Å². The predicted octanol–water partition coefficient (Wildman–Crippen LogP) is 15.7. The van der Waals surface area contributed by atoms with Gasteiger partial charge in [0.2, 0.25) is 0 Å². The van der Waals surface area contributed by atoms with Crippen LogP contribution < -0.4 is 9.80 Å². The van der Waals surface area contributed by atoms with Gasteiger partial charge in [-0.15, -0.1) is 0 Å². The Balaban J connectivity index is 0. The van der Waals surface area contributed by atoms with E-state index in [1.807, 2.05) is 96.9 Å². The fourth-order valence-electron chi connectivity index (χ4n) is 4.98. The van der Waals surface area contributed by atoms with Gasteiger partial charge in [0.25, 0.3) is 0 Å². The van der Waals surface area contributed by atoms with Crippen molar-refractivity contribution in [2.24, 2.45) is 0 Å². The molecule has 0 heterocycles. The van der Waals surface area contributed by atoms with Crippen LogP contribution in [0.2, 0.25) is 0 Å². The second-order valence-corrected chi connectivity index (χ2v) is 8.72. The molecular formula is C46H68N2. The summed E-state index contributed by atoms with van der Waals surface area (Å²) in [5.74, 6) is 0. The molecule has 0 unspecified atom stereocenters. The topological polar surface area (TPSA) is 6.48 Å². The number of nitrogens with zero attached hydrogens (tertiary/aromatic N) is 2. The van der Waals surface area contributed by atoms with Crippen LogP contribution in [0.15, 0.2) is 127 Å². The van der Waals surface area contributed by atoms with Crippen molar-refractivity contribution >= 4 is 28.4 Å². The number of benzene rings is 5. The molecule has 0 aromatic heterocycles. The van der Waals surface area contributed by atoms with Crippen LogP contribution in [-0.2, 0) is 6.42 Å². The molecule has 1 aliphatic rings. The van der Waals surface area contributed by atoms with Crippen LogP contribution >= 0.6 is 0 Å². The van der Waals surface area contributed by atoms with Gasteiger partial charge in [-0.25, -0.2) is 0 Å². The third-order valence-corrected chi connectivity index (χ3v) is 6.72. The van der Waals surface area contributed by atoms with Crippen molar-refractivity contribution in [1.29, 1.82) is 0 Å². The molecule has 0 bridgehead atoms. The number of fused-ring (bicyclic) bond motifs is 3. The van der Waals surface area contributed by atoms with E-state index in [2.05, 4.69) is 144 Å². The highest BCUT2D eigenvalue weighted by Gasteiger charge is 2.24. The number of para-hydroxylation sites is 2. The molecule has 0 fully saturated rings. The van der Waals surface area contributed by atoms with Crippen LogP contribution in [0, 0.1) is 0 Å². The molecule has 48 heavy (non-hydrogen) atoms. The molecule has 0 saturated carbocycles. The summed E-state index contributed by atoms with van der Waals surface area (Å²) >= 11 is 0. The van der Waals surface area contributed by atoms with E-state index in [9.17, 15) is 0 Å². The highest BCUT2D eigenvalue weighted by molar-refractivity contribution is 5.88. The number of rotatable bonds is 5. The summed E-state index contributed by atoms with van der Waals surface area (Å²) in [4.78, 5) is 4.60. The quantitative estimate of drug-likeness (QED) is 0.183. The van der Waals surface area contributed by atoms with Gasteiger partial charge in [-0.2, -0.15) is 0 Å². The third kappa shape index (κ3) is 12.4. The molecule has 6 rings (SSSR count). The van der Waals surface area contributed by atoms with Crippen molar-refractivity contribution < 1.29 is 0 Å². The highest BCUT2D eigenvalue weighted by atomic mass is 15.1. The monoisotopic (exact) mass is 649 g/mol. The van der Waals surface area contributed by atoms with Crippen molar-refractivity contribution in [1.82, 2.24) is 0 Å². The lowest BCUT2D eigenvalue weighted by Crippen LogP contribution is -2.13. The van der Waals surface area contributed by atoms with Gasteiger partial charge >= 0.3 is 0 Å². The molecule has 5 aromatic rings. The largest absolute Gasteiger partial charge is 0.345 e. The van der Waals surface area contributed by atoms with Gasteiger partial charge in [-0.3, -0.25) is 0 Å². The molecule has 0 radical (unpaired) electrons. The first-order chi connectivity index (χ1) is 23.8. The van der Waals surface area contributed by atoms with E-state index in [1.165, 1.54) is 33.6 Å². The van der Waals surface area contributed by atoms with Gasteiger partial charge in [0.1, 0.15) is 0 Å². The minimum atomic E-state index is 0.958. The molecular weight excluding hydrogens is 581 g/mol. The minimum absolute atomic E-state index is 0.958. The summed E-state index contributed by atoms with van der Waals surface area (Å²) in [5.41, 5.74) is 11.4. The number of anilines is 5. The SMILES string of the molecule is CC.CC.CC.CC.CC.CC.CC.CN(c1ccccc1)c1ccc(N(c2ccccc2)c2cccc3c2Cc2ccccc2-3)cc1. The van der Waals surface area contributed by atoms with Gasteiger partial charge in [-0.1, -0.05) is 170 Å². The van der Waals surface area contributed by atoms with Crippen LogP contribution in [0.1, 0.15) is 108 Å². The Morgan fingerprint density at radius 1 is 0.354 bits per heavy atom. The summed E-state index contributed by atoms with van der Waals surface area (Å²) in [5, 5.41) is 0. The maximum atomic E-state index is 2.39. The fraction of sp³-hybridized carbons (Fsp3) is 0.348. The molecule has 0 amide bonds. The standard InChI is InChI=1S/C32H26N2.7C2H6/c1-33(25-12-4-2-5-13-25)26-19-21-28(22-20-26)34(27-14-6-3-7-15-27)32-18-10-17-30-29-16-9-8-11-24(29)23-31(30)32;7*1-2/h2-22H,23H2,1H3;7*1-2H3. The normalized spacial score (nSPS) is 9.06. The molecule has 1 aliphatic carbocycles. The summed E-state index contributed by atoms with van der Waals surface area (Å²) in [7, 11) is 2.11. The van der Waals surface area contributed by atoms with Crippen LogP contribution in [-0.4, -0.2) is 7.05 Å². The third-order valence-electron chi connectivity index (χ3n) is 6.72. The molecule has 0 N–H and O–H groups in total. The summed E-state index contributed by atoms with van der Waals surface area (Å²) in [6, 6.07) is 45.5. The van der Waals surface area contributed by atoms with Crippen LogP contribution in [0.5, 0.6) is 0 Å². The summed E-state index contributed by atoms with van der Waals surface area (Å²) in [6.07, 6.45) is 0.958. The molecule has 0 aliphatic heterocycles. The van der Waals surface area contributed by atoms with E-state index in [1.54, 1.807) is 0 Å². The lowest BCUT2D eigenvalue weighted by atomic mass is 10.0. The first-order valence-electron chi connectivity index (χ1n) is 18.7. The van der Waals surface area contributed by atoms with E-state index >= 15 is 0 Å². The van der Waals surface area contributed by atoms with E-state index in [0.29, 0.717) is 0 Å². The molecule has 262 valence electrons. The Labute approximate surface area is 297 Å². The Bertz CT molecular complexity index is 1420. The molecule has 2 heteroatoms. The number of hydrogen-bond acceptors (Lipinski definition) is 2. The predicted molar refractivity (Wildman–Crippen MR) is 223 cm³/mol. The lowest BCUT2D eigenvalue weighted by Gasteiger charge is -2.28. The average Bonchev–Trinajstić information content (AvgIpc) is 3.61. The van der Waals surface area contributed by atoms with Gasteiger partial charge in [0, 0.05) is 36.2 Å². The van der Waals surface area contributed by atoms with E-state index in [-0.39, 0.29) is 0 Å². The molecule has 0 saturated heterocycles. The summed E-state index contributed by atoms with van der Waals surface area (Å²) < 4.78 is 0. The average molecular weight is 649 g/mol. The number of hydrogen-bond donors (Lipinski definition) is 0. The minimum Gasteiger partial charge on any atom is -0.345 e. The molecule has 0 spiro atoms. The van der Waals surface area contributed by atoms with Crippen LogP contribution in [0.25, 0.3) is 11.1 Å².